The second-order valence-electron chi connectivity index (χ2n) is 5.37. The molecule has 0 bridgehead atoms. The second-order valence-corrected chi connectivity index (χ2v) is 5.37. The monoisotopic (exact) mass is 338 g/mol. The second kappa shape index (κ2) is 9.61. The number of carbonyl (C=O) groups is 3. The molecule has 8 heteroatoms. The van der Waals surface area contributed by atoms with Gasteiger partial charge in [0.2, 0.25) is 0 Å². The Hall–Kier alpha value is -2.48. The maximum absolute atomic E-state index is 12.4. The van der Waals surface area contributed by atoms with E-state index in [9.17, 15) is 14.4 Å². The molecule has 8 nitrogen and oxygen atoms in total. The van der Waals surface area contributed by atoms with E-state index in [1.807, 2.05) is 0 Å². The van der Waals surface area contributed by atoms with E-state index in [2.05, 4.69) is 5.32 Å². The van der Waals surface area contributed by atoms with Gasteiger partial charge in [-0.1, -0.05) is 0 Å². The van der Waals surface area contributed by atoms with E-state index in [0.29, 0.717) is 11.8 Å². The number of hydrogen-bond acceptors (Lipinski definition) is 7. The van der Waals surface area contributed by atoms with E-state index < -0.39 is 29.8 Å². The number of amides is 1. The summed E-state index contributed by atoms with van der Waals surface area (Å²) in [5.74, 6) is -1.63. The standard InChI is InChI=1S/C16H22N2O6/c1-10(2)24-16(21)13(5-4-12(19)8-17)18-15(20)14(22-3)11-6-7-23-9-11/h6-10,13-14,17H,4-5H2,1-3H3,(H,18,20)/t13-,14+/m0/s1. The Kier molecular flexibility index (Phi) is 7.84. The van der Waals surface area contributed by atoms with Gasteiger partial charge < -0.3 is 24.6 Å². The third-order valence-corrected chi connectivity index (χ3v) is 3.11. The minimum Gasteiger partial charge on any atom is -0.472 e. The Bertz CT molecular complexity index is 567. The molecule has 132 valence electrons. The van der Waals surface area contributed by atoms with E-state index in [1.165, 1.54) is 19.6 Å². The van der Waals surface area contributed by atoms with Gasteiger partial charge in [0.05, 0.1) is 24.8 Å². The maximum atomic E-state index is 12.4. The molecule has 1 heterocycles. The molecule has 0 radical (unpaired) electrons. The van der Waals surface area contributed by atoms with Gasteiger partial charge in [-0.2, -0.15) is 0 Å². The number of ether oxygens (including phenoxy) is 2. The van der Waals surface area contributed by atoms with Crippen molar-refractivity contribution in [1.29, 1.82) is 5.41 Å². The van der Waals surface area contributed by atoms with Crippen molar-refractivity contribution in [2.75, 3.05) is 7.11 Å². The Morgan fingerprint density at radius 2 is 2.08 bits per heavy atom. The van der Waals surface area contributed by atoms with Crippen LogP contribution >= 0.6 is 0 Å². The molecular formula is C16H22N2O6. The van der Waals surface area contributed by atoms with E-state index in [4.69, 9.17) is 19.3 Å². The van der Waals surface area contributed by atoms with Crippen molar-refractivity contribution < 1.29 is 28.3 Å². The number of ketones is 1. The Labute approximate surface area is 140 Å². The van der Waals surface area contributed by atoms with Crippen molar-refractivity contribution in [3.63, 3.8) is 0 Å². The molecule has 0 spiro atoms. The first kappa shape index (κ1) is 19.6. The molecule has 2 N–H and O–H groups in total. The lowest BCUT2D eigenvalue weighted by molar-refractivity contribution is -0.152. The summed E-state index contributed by atoms with van der Waals surface area (Å²) in [6.45, 7) is 3.37. The van der Waals surface area contributed by atoms with Gasteiger partial charge >= 0.3 is 5.97 Å². The van der Waals surface area contributed by atoms with Gasteiger partial charge in [-0.3, -0.25) is 9.59 Å². The van der Waals surface area contributed by atoms with Crippen molar-refractivity contribution in [3.8, 4) is 0 Å². The summed E-state index contributed by atoms with van der Waals surface area (Å²) in [6.07, 6.45) is 2.13. The van der Waals surface area contributed by atoms with Gasteiger partial charge in [0.15, 0.2) is 11.9 Å². The Morgan fingerprint density at radius 3 is 2.58 bits per heavy atom. The minimum atomic E-state index is -1.01. The number of carbonyl (C=O) groups excluding carboxylic acids is 3. The number of rotatable bonds is 10. The molecule has 0 fully saturated rings. The third kappa shape index (κ3) is 5.96. The van der Waals surface area contributed by atoms with E-state index in [0.717, 1.165) is 0 Å². The van der Waals surface area contributed by atoms with Crippen molar-refractivity contribution in [2.45, 2.75) is 44.9 Å². The maximum Gasteiger partial charge on any atom is 0.328 e. The van der Waals surface area contributed by atoms with Crippen molar-refractivity contribution in [1.82, 2.24) is 5.32 Å². The summed E-state index contributed by atoms with van der Waals surface area (Å²) in [5, 5.41) is 9.43. The van der Waals surface area contributed by atoms with Crippen LogP contribution in [0.15, 0.2) is 23.0 Å². The van der Waals surface area contributed by atoms with Gasteiger partial charge in [0, 0.05) is 19.1 Å². The average molecular weight is 338 g/mol. The van der Waals surface area contributed by atoms with Crippen LogP contribution < -0.4 is 5.32 Å². The first-order valence-electron chi connectivity index (χ1n) is 7.48. The van der Waals surface area contributed by atoms with Crippen LogP contribution in [0.25, 0.3) is 0 Å². The van der Waals surface area contributed by atoms with Crippen LogP contribution in [-0.2, 0) is 23.9 Å². The van der Waals surface area contributed by atoms with Gasteiger partial charge in [-0.25, -0.2) is 4.79 Å². The number of esters is 1. The molecule has 1 rings (SSSR count). The van der Waals surface area contributed by atoms with Crippen molar-refractivity contribution in [3.05, 3.63) is 24.2 Å². The quantitative estimate of drug-likeness (QED) is 0.492. The zero-order valence-corrected chi connectivity index (χ0v) is 13.9. The predicted molar refractivity (Wildman–Crippen MR) is 84.6 cm³/mol. The molecular weight excluding hydrogens is 316 g/mol. The first-order chi connectivity index (χ1) is 11.4. The van der Waals surface area contributed by atoms with Gasteiger partial charge in [-0.15, -0.1) is 0 Å². The fraction of sp³-hybridized carbons (Fsp3) is 0.500. The lowest BCUT2D eigenvalue weighted by Crippen LogP contribution is -2.45. The Morgan fingerprint density at radius 1 is 1.38 bits per heavy atom. The normalized spacial score (nSPS) is 13.2. The predicted octanol–water partition coefficient (Wildman–Crippen LogP) is 1.40. The molecule has 0 aliphatic carbocycles. The molecule has 0 unspecified atom stereocenters. The number of furan rings is 1. The van der Waals surface area contributed by atoms with Crippen molar-refractivity contribution in [2.24, 2.45) is 0 Å². The molecule has 24 heavy (non-hydrogen) atoms. The topological polar surface area (TPSA) is 119 Å². The van der Waals surface area contributed by atoms with Crippen LogP contribution in [0.1, 0.15) is 38.4 Å². The molecule has 1 amide bonds. The smallest absolute Gasteiger partial charge is 0.328 e. The van der Waals surface area contributed by atoms with Gasteiger partial charge in [0.1, 0.15) is 6.04 Å². The van der Waals surface area contributed by atoms with Crippen molar-refractivity contribution >= 4 is 23.9 Å². The van der Waals surface area contributed by atoms with Crippen LogP contribution in [0.4, 0.5) is 0 Å². The lowest BCUT2D eigenvalue weighted by Gasteiger charge is -2.21. The van der Waals surface area contributed by atoms with Crippen LogP contribution in [0.3, 0.4) is 0 Å². The highest BCUT2D eigenvalue weighted by Gasteiger charge is 2.28. The van der Waals surface area contributed by atoms with Crippen LogP contribution in [-0.4, -0.2) is 43.1 Å². The van der Waals surface area contributed by atoms with Gasteiger partial charge in [-0.05, 0) is 26.3 Å². The number of methoxy groups -OCH3 is 1. The summed E-state index contributed by atoms with van der Waals surface area (Å²) in [5.41, 5.74) is 0.501. The molecule has 2 atom stereocenters. The zero-order valence-electron chi connectivity index (χ0n) is 13.9. The van der Waals surface area contributed by atoms with Crippen LogP contribution in [0.5, 0.6) is 0 Å². The highest BCUT2D eigenvalue weighted by Crippen LogP contribution is 2.18. The fourth-order valence-corrected chi connectivity index (χ4v) is 1.99. The molecule has 0 aromatic carbocycles. The summed E-state index contributed by atoms with van der Waals surface area (Å²) in [6, 6.07) is 0.571. The molecule has 0 saturated heterocycles. The highest BCUT2D eigenvalue weighted by molar-refractivity contribution is 6.26. The summed E-state index contributed by atoms with van der Waals surface area (Å²) < 4.78 is 15.2. The molecule has 1 aromatic heterocycles. The zero-order chi connectivity index (χ0) is 18.1. The average Bonchev–Trinajstić information content (AvgIpc) is 3.05. The molecule has 0 aliphatic heterocycles. The highest BCUT2D eigenvalue weighted by atomic mass is 16.5. The Balaban J connectivity index is 2.81. The first-order valence-corrected chi connectivity index (χ1v) is 7.48. The minimum absolute atomic E-state index is 0.0350. The molecule has 0 saturated carbocycles. The number of nitrogens with one attached hydrogen (secondary N) is 2. The van der Waals surface area contributed by atoms with E-state index in [-0.39, 0.29) is 18.9 Å². The SMILES string of the molecule is CO[C@@H](C(=O)N[C@@H](CCC(=O)C=N)C(=O)OC(C)C)c1ccoc1. The van der Waals surface area contributed by atoms with Crippen LogP contribution in [0.2, 0.25) is 0 Å². The molecule has 0 aliphatic rings. The summed E-state index contributed by atoms with van der Waals surface area (Å²) in [4.78, 5) is 35.8. The summed E-state index contributed by atoms with van der Waals surface area (Å²) in [7, 11) is 1.36. The molecule has 1 aromatic rings. The third-order valence-electron chi connectivity index (χ3n) is 3.11. The van der Waals surface area contributed by atoms with E-state index in [1.54, 1.807) is 19.9 Å². The summed E-state index contributed by atoms with van der Waals surface area (Å²) >= 11 is 0. The lowest BCUT2D eigenvalue weighted by atomic mass is 10.1. The van der Waals surface area contributed by atoms with Gasteiger partial charge in [0.25, 0.3) is 5.91 Å². The van der Waals surface area contributed by atoms with E-state index >= 15 is 0 Å². The largest absolute Gasteiger partial charge is 0.472 e. The number of hydrogen-bond donors (Lipinski definition) is 2. The number of Topliss-reactive ketones (excluding diaryl/α,β-unsaturated/α-hetero) is 1. The van der Waals surface area contributed by atoms with Crippen LogP contribution in [0, 0.1) is 5.41 Å². The fourth-order valence-electron chi connectivity index (χ4n) is 1.99.